The molecule has 1 fully saturated rings. The van der Waals surface area contributed by atoms with E-state index in [9.17, 15) is 5.11 Å². The first kappa shape index (κ1) is 14.1. The number of piperidine rings is 1. The van der Waals surface area contributed by atoms with Gasteiger partial charge >= 0.3 is 0 Å². The van der Waals surface area contributed by atoms with Crippen LogP contribution < -0.4 is 0 Å². The van der Waals surface area contributed by atoms with E-state index >= 15 is 0 Å². The van der Waals surface area contributed by atoms with Crippen molar-refractivity contribution in [3.63, 3.8) is 0 Å². The van der Waals surface area contributed by atoms with Crippen LogP contribution in [0.15, 0.2) is 24.3 Å². The quantitative estimate of drug-likeness (QED) is 0.843. The van der Waals surface area contributed by atoms with Gasteiger partial charge in [-0.3, -0.25) is 4.90 Å². The standard InChI is InChI=1S/C18H27NO/c1-12-8-9-19(14(3)10-12)17-11-13(2)15-6-4-5-7-16(15)18(17)20/h4-7,12-14,17-18,20H,8-11H2,1-3H3. The molecule has 2 nitrogen and oxygen atoms in total. The van der Waals surface area contributed by atoms with Crippen molar-refractivity contribution in [1.82, 2.24) is 4.90 Å². The number of hydrogen-bond donors (Lipinski definition) is 1. The van der Waals surface area contributed by atoms with E-state index in [1.807, 2.05) is 0 Å². The van der Waals surface area contributed by atoms with Crippen LogP contribution in [-0.4, -0.2) is 28.6 Å². The molecule has 1 aromatic rings. The second-order valence-electron chi connectivity index (χ2n) is 6.99. The van der Waals surface area contributed by atoms with Gasteiger partial charge in [0.05, 0.1) is 6.10 Å². The minimum Gasteiger partial charge on any atom is -0.387 e. The highest BCUT2D eigenvalue weighted by atomic mass is 16.3. The van der Waals surface area contributed by atoms with Crippen LogP contribution >= 0.6 is 0 Å². The van der Waals surface area contributed by atoms with E-state index in [-0.39, 0.29) is 6.10 Å². The van der Waals surface area contributed by atoms with Crippen LogP contribution in [-0.2, 0) is 0 Å². The lowest BCUT2D eigenvalue weighted by molar-refractivity contribution is -0.0111. The maximum absolute atomic E-state index is 10.8. The highest BCUT2D eigenvalue weighted by molar-refractivity contribution is 5.35. The van der Waals surface area contributed by atoms with Gasteiger partial charge < -0.3 is 5.11 Å². The second kappa shape index (κ2) is 5.50. The van der Waals surface area contributed by atoms with E-state index < -0.39 is 0 Å². The van der Waals surface area contributed by atoms with E-state index in [4.69, 9.17) is 0 Å². The highest BCUT2D eigenvalue weighted by Crippen LogP contribution is 2.41. The summed E-state index contributed by atoms with van der Waals surface area (Å²) in [6.07, 6.45) is 3.29. The van der Waals surface area contributed by atoms with Crippen LogP contribution in [0.25, 0.3) is 0 Å². The Kier molecular flexibility index (Phi) is 3.87. The Morgan fingerprint density at radius 1 is 1.05 bits per heavy atom. The van der Waals surface area contributed by atoms with E-state index in [1.54, 1.807) is 0 Å². The first-order chi connectivity index (χ1) is 9.58. The van der Waals surface area contributed by atoms with Gasteiger partial charge in [0.25, 0.3) is 0 Å². The van der Waals surface area contributed by atoms with Crippen LogP contribution in [0.1, 0.15) is 63.2 Å². The molecule has 1 aliphatic heterocycles. The van der Waals surface area contributed by atoms with E-state index in [1.165, 1.54) is 18.4 Å². The summed E-state index contributed by atoms with van der Waals surface area (Å²) in [6.45, 7) is 8.12. The average molecular weight is 273 g/mol. The first-order valence-electron chi connectivity index (χ1n) is 8.10. The Labute approximate surface area is 122 Å². The Morgan fingerprint density at radius 3 is 2.45 bits per heavy atom. The number of benzene rings is 1. The fourth-order valence-corrected chi connectivity index (χ4v) is 4.29. The smallest absolute Gasteiger partial charge is 0.0948 e. The number of rotatable bonds is 1. The molecular weight excluding hydrogens is 246 g/mol. The van der Waals surface area contributed by atoms with Gasteiger partial charge in [0.15, 0.2) is 0 Å². The first-order valence-corrected chi connectivity index (χ1v) is 8.10. The van der Waals surface area contributed by atoms with Crippen molar-refractivity contribution in [2.24, 2.45) is 5.92 Å². The summed E-state index contributed by atoms with van der Waals surface area (Å²) in [7, 11) is 0. The molecule has 0 aromatic heterocycles. The summed E-state index contributed by atoms with van der Waals surface area (Å²) >= 11 is 0. The van der Waals surface area contributed by atoms with Crippen molar-refractivity contribution in [3.05, 3.63) is 35.4 Å². The van der Waals surface area contributed by atoms with Crippen LogP contribution in [0, 0.1) is 5.92 Å². The maximum atomic E-state index is 10.8. The van der Waals surface area contributed by atoms with Gasteiger partial charge in [-0.15, -0.1) is 0 Å². The van der Waals surface area contributed by atoms with Crippen LogP contribution in [0.5, 0.6) is 0 Å². The zero-order valence-corrected chi connectivity index (χ0v) is 12.9. The average Bonchev–Trinajstić information content (AvgIpc) is 2.43. The SMILES string of the molecule is CC1CCN(C2CC(C)c3ccccc3C2O)C(C)C1. The normalized spacial score (nSPS) is 38.5. The minimum atomic E-state index is -0.321. The number of nitrogens with zero attached hydrogens (tertiary/aromatic N) is 1. The third-order valence-corrected chi connectivity index (χ3v) is 5.42. The van der Waals surface area contributed by atoms with Gasteiger partial charge in [-0.2, -0.15) is 0 Å². The molecule has 1 heterocycles. The monoisotopic (exact) mass is 273 g/mol. The van der Waals surface area contributed by atoms with Gasteiger partial charge in [-0.1, -0.05) is 38.1 Å². The fourth-order valence-electron chi connectivity index (χ4n) is 4.29. The molecule has 1 aliphatic carbocycles. The predicted octanol–water partition coefficient (Wildman–Crippen LogP) is 3.72. The molecule has 2 heteroatoms. The number of aliphatic hydroxyl groups is 1. The number of hydrogen-bond acceptors (Lipinski definition) is 2. The maximum Gasteiger partial charge on any atom is 0.0948 e. The van der Waals surface area contributed by atoms with Crippen molar-refractivity contribution in [1.29, 1.82) is 0 Å². The highest BCUT2D eigenvalue weighted by Gasteiger charge is 2.38. The molecule has 1 aromatic carbocycles. The lowest BCUT2D eigenvalue weighted by Gasteiger charge is -2.46. The zero-order valence-electron chi connectivity index (χ0n) is 12.9. The predicted molar refractivity (Wildman–Crippen MR) is 82.8 cm³/mol. The van der Waals surface area contributed by atoms with Gasteiger partial charge in [0, 0.05) is 12.1 Å². The van der Waals surface area contributed by atoms with Crippen LogP contribution in [0.2, 0.25) is 0 Å². The van der Waals surface area contributed by atoms with Crippen molar-refractivity contribution >= 4 is 0 Å². The molecule has 0 saturated carbocycles. The van der Waals surface area contributed by atoms with Gasteiger partial charge in [0.1, 0.15) is 0 Å². The third-order valence-electron chi connectivity index (χ3n) is 5.42. The van der Waals surface area contributed by atoms with E-state index in [2.05, 4.69) is 49.9 Å². The molecule has 0 radical (unpaired) electrons. The van der Waals surface area contributed by atoms with Crippen LogP contribution in [0.4, 0.5) is 0 Å². The van der Waals surface area contributed by atoms with Crippen LogP contribution in [0.3, 0.4) is 0 Å². The van der Waals surface area contributed by atoms with E-state index in [0.717, 1.165) is 24.4 Å². The summed E-state index contributed by atoms with van der Waals surface area (Å²) in [5.41, 5.74) is 2.50. The number of fused-ring (bicyclic) bond motifs is 1. The van der Waals surface area contributed by atoms with Crippen molar-refractivity contribution < 1.29 is 5.11 Å². The van der Waals surface area contributed by atoms with Gasteiger partial charge in [-0.25, -0.2) is 0 Å². The largest absolute Gasteiger partial charge is 0.387 e. The zero-order chi connectivity index (χ0) is 14.3. The number of likely N-dealkylation sites (tertiary alicyclic amines) is 1. The minimum absolute atomic E-state index is 0.294. The molecule has 1 saturated heterocycles. The Bertz CT molecular complexity index is 472. The molecule has 0 bridgehead atoms. The summed E-state index contributed by atoms with van der Waals surface area (Å²) in [5, 5.41) is 10.8. The molecule has 2 aliphatic rings. The van der Waals surface area contributed by atoms with Gasteiger partial charge in [-0.05, 0) is 55.7 Å². The summed E-state index contributed by atoms with van der Waals surface area (Å²) in [4.78, 5) is 2.57. The Morgan fingerprint density at radius 2 is 1.75 bits per heavy atom. The molecule has 5 atom stereocenters. The lowest BCUT2D eigenvalue weighted by atomic mass is 9.77. The molecule has 110 valence electrons. The molecule has 20 heavy (non-hydrogen) atoms. The third kappa shape index (κ3) is 2.40. The van der Waals surface area contributed by atoms with Crippen molar-refractivity contribution in [2.75, 3.05) is 6.54 Å². The molecule has 0 amide bonds. The molecule has 0 spiro atoms. The number of aliphatic hydroxyl groups excluding tert-OH is 1. The molecule has 5 unspecified atom stereocenters. The summed E-state index contributed by atoms with van der Waals surface area (Å²) in [5.74, 6) is 1.37. The lowest BCUT2D eigenvalue weighted by Crippen LogP contribution is -2.50. The molecular formula is C18H27NO. The Hall–Kier alpha value is -0.860. The topological polar surface area (TPSA) is 23.5 Å². The summed E-state index contributed by atoms with van der Waals surface area (Å²) in [6, 6.07) is 9.33. The van der Waals surface area contributed by atoms with Crippen molar-refractivity contribution in [3.8, 4) is 0 Å². The molecule has 3 rings (SSSR count). The molecule has 1 N–H and O–H groups in total. The Balaban J connectivity index is 1.86. The van der Waals surface area contributed by atoms with Gasteiger partial charge in [0.2, 0.25) is 0 Å². The summed E-state index contributed by atoms with van der Waals surface area (Å²) < 4.78 is 0. The second-order valence-corrected chi connectivity index (χ2v) is 6.99. The van der Waals surface area contributed by atoms with Crippen molar-refractivity contribution in [2.45, 2.75) is 64.1 Å². The fraction of sp³-hybridized carbons (Fsp3) is 0.667. The van der Waals surface area contributed by atoms with E-state index in [0.29, 0.717) is 18.0 Å².